The van der Waals surface area contributed by atoms with Gasteiger partial charge in [0.25, 0.3) is 0 Å². The second kappa shape index (κ2) is 6.08. The molecule has 0 amide bonds. The highest BCUT2D eigenvalue weighted by atomic mass is 35.5. The summed E-state index contributed by atoms with van der Waals surface area (Å²) in [6.07, 6.45) is 3.88. The van der Waals surface area contributed by atoms with Crippen LogP contribution >= 0.6 is 11.6 Å². The van der Waals surface area contributed by atoms with E-state index in [9.17, 15) is 8.42 Å². The van der Waals surface area contributed by atoms with Crippen LogP contribution < -0.4 is 0 Å². The second-order valence-corrected chi connectivity index (χ2v) is 7.51. The first-order valence-electron chi connectivity index (χ1n) is 6.36. The average Bonchev–Trinajstić information content (AvgIpc) is 2.43. The number of sulfonamides is 1. The first-order chi connectivity index (χ1) is 9.43. The van der Waals surface area contributed by atoms with E-state index in [4.69, 9.17) is 11.6 Å². The van der Waals surface area contributed by atoms with Crippen molar-refractivity contribution in [1.82, 2.24) is 9.29 Å². The highest BCUT2D eigenvalue weighted by Crippen LogP contribution is 2.24. The van der Waals surface area contributed by atoms with Crippen molar-refractivity contribution in [3.8, 4) is 0 Å². The van der Waals surface area contributed by atoms with Crippen molar-refractivity contribution < 1.29 is 8.42 Å². The highest BCUT2D eigenvalue weighted by Gasteiger charge is 2.22. The SMILES string of the molecule is CC(Cl)CCN(C)S(=O)(=O)c1cccc2cnccc12. The zero-order valence-corrected chi connectivity index (χ0v) is 13.0. The molecule has 0 aliphatic carbocycles. The Kier molecular flexibility index (Phi) is 4.62. The zero-order valence-electron chi connectivity index (χ0n) is 11.5. The molecule has 0 fully saturated rings. The molecule has 2 rings (SSSR count). The number of pyridine rings is 1. The maximum absolute atomic E-state index is 12.6. The van der Waals surface area contributed by atoms with Crippen LogP contribution in [0.1, 0.15) is 13.3 Å². The molecule has 6 heteroatoms. The Hall–Kier alpha value is -1.17. The number of hydrogen-bond donors (Lipinski definition) is 0. The van der Waals surface area contributed by atoms with Crippen molar-refractivity contribution in [2.24, 2.45) is 0 Å². The summed E-state index contributed by atoms with van der Waals surface area (Å²) < 4.78 is 26.6. The van der Waals surface area contributed by atoms with Crippen LogP contribution in [0.15, 0.2) is 41.6 Å². The van der Waals surface area contributed by atoms with Crippen LogP contribution in [-0.4, -0.2) is 36.7 Å². The van der Waals surface area contributed by atoms with Crippen LogP contribution in [0.25, 0.3) is 10.8 Å². The van der Waals surface area contributed by atoms with Crippen LogP contribution in [-0.2, 0) is 10.0 Å². The molecule has 1 heterocycles. The van der Waals surface area contributed by atoms with Crippen LogP contribution in [0.4, 0.5) is 0 Å². The van der Waals surface area contributed by atoms with Gasteiger partial charge in [-0.1, -0.05) is 12.1 Å². The van der Waals surface area contributed by atoms with Crippen LogP contribution in [0.3, 0.4) is 0 Å². The van der Waals surface area contributed by atoms with E-state index in [-0.39, 0.29) is 5.38 Å². The molecule has 1 atom stereocenters. The first-order valence-corrected chi connectivity index (χ1v) is 8.23. The fourth-order valence-corrected chi connectivity index (χ4v) is 3.46. The minimum absolute atomic E-state index is 0.0515. The molecule has 0 radical (unpaired) electrons. The van der Waals surface area contributed by atoms with Crippen molar-refractivity contribution in [1.29, 1.82) is 0 Å². The van der Waals surface area contributed by atoms with Gasteiger partial charge >= 0.3 is 0 Å². The van der Waals surface area contributed by atoms with Crippen molar-refractivity contribution in [2.45, 2.75) is 23.6 Å². The molecule has 1 unspecified atom stereocenters. The van der Waals surface area contributed by atoms with E-state index in [1.807, 2.05) is 13.0 Å². The number of rotatable bonds is 5. The van der Waals surface area contributed by atoms with Crippen molar-refractivity contribution in [2.75, 3.05) is 13.6 Å². The number of hydrogen-bond acceptors (Lipinski definition) is 3. The molecular weight excluding hydrogens is 296 g/mol. The fraction of sp³-hybridized carbons (Fsp3) is 0.357. The van der Waals surface area contributed by atoms with E-state index in [0.717, 1.165) is 5.39 Å². The number of nitrogens with zero attached hydrogens (tertiary/aromatic N) is 2. The molecule has 0 bridgehead atoms. The summed E-state index contributed by atoms with van der Waals surface area (Å²) >= 11 is 5.88. The summed E-state index contributed by atoms with van der Waals surface area (Å²) in [7, 11) is -1.94. The molecule has 0 spiro atoms. The van der Waals surface area contributed by atoms with E-state index < -0.39 is 10.0 Å². The minimum Gasteiger partial charge on any atom is -0.264 e. The van der Waals surface area contributed by atoms with E-state index in [0.29, 0.717) is 23.2 Å². The third-order valence-electron chi connectivity index (χ3n) is 3.17. The third kappa shape index (κ3) is 3.11. The molecule has 0 saturated heterocycles. The Morgan fingerprint density at radius 3 is 2.80 bits per heavy atom. The number of halogens is 1. The molecule has 20 heavy (non-hydrogen) atoms. The Bertz CT molecular complexity index is 696. The summed E-state index contributed by atoms with van der Waals surface area (Å²) in [6.45, 7) is 2.25. The topological polar surface area (TPSA) is 50.3 Å². The van der Waals surface area contributed by atoms with E-state index in [1.54, 1.807) is 37.6 Å². The molecule has 108 valence electrons. The lowest BCUT2D eigenvalue weighted by atomic mass is 10.2. The fourth-order valence-electron chi connectivity index (χ4n) is 1.97. The molecule has 0 aliphatic heterocycles. The summed E-state index contributed by atoms with van der Waals surface area (Å²) in [4.78, 5) is 4.32. The van der Waals surface area contributed by atoms with Crippen molar-refractivity contribution in [3.05, 3.63) is 36.7 Å². The minimum atomic E-state index is -3.51. The van der Waals surface area contributed by atoms with E-state index in [1.165, 1.54) is 4.31 Å². The zero-order chi connectivity index (χ0) is 14.8. The van der Waals surface area contributed by atoms with Gasteiger partial charge in [-0.25, -0.2) is 12.7 Å². The predicted octanol–water partition coefficient (Wildman–Crippen LogP) is 2.87. The maximum Gasteiger partial charge on any atom is 0.243 e. The Balaban J connectivity index is 2.41. The van der Waals surface area contributed by atoms with E-state index >= 15 is 0 Å². The number of benzene rings is 1. The van der Waals surface area contributed by atoms with Crippen LogP contribution in [0.2, 0.25) is 0 Å². The molecule has 1 aromatic carbocycles. The molecule has 2 aromatic rings. The predicted molar refractivity (Wildman–Crippen MR) is 81.5 cm³/mol. The van der Waals surface area contributed by atoms with Gasteiger partial charge in [0.1, 0.15) is 0 Å². The van der Waals surface area contributed by atoms with Gasteiger partial charge in [-0.3, -0.25) is 4.98 Å². The van der Waals surface area contributed by atoms with Gasteiger partial charge in [-0.15, -0.1) is 11.6 Å². The lowest BCUT2D eigenvalue weighted by Gasteiger charge is -2.18. The quantitative estimate of drug-likeness (QED) is 0.798. The molecule has 1 aromatic heterocycles. The lowest BCUT2D eigenvalue weighted by Crippen LogP contribution is -2.29. The highest BCUT2D eigenvalue weighted by molar-refractivity contribution is 7.89. The average molecular weight is 313 g/mol. The Labute approximate surface area is 124 Å². The smallest absolute Gasteiger partial charge is 0.243 e. The van der Waals surface area contributed by atoms with Gasteiger partial charge < -0.3 is 0 Å². The Morgan fingerprint density at radius 1 is 1.35 bits per heavy atom. The summed E-state index contributed by atoms with van der Waals surface area (Å²) in [5, 5.41) is 1.45. The monoisotopic (exact) mass is 312 g/mol. The van der Waals surface area contributed by atoms with Crippen molar-refractivity contribution in [3.63, 3.8) is 0 Å². The summed E-state index contributed by atoms with van der Waals surface area (Å²) in [5.41, 5.74) is 0. The largest absolute Gasteiger partial charge is 0.264 e. The summed E-state index contributed by atoms with van der Waals surface area (Å²) in [5.74, 6) is 0. The second-order valence-electron chi connectivity index (χ2n) is 4.75. The molecule has 0 N–H and O–H groups in total. The van der Waals surface area contributed by atoms with Gasteiger partial charge in [0.05, 0.1) is 4.90 Å². The van der Waals surface area contributed by atoms with Gasteiger partial charge in [-0.2, -0.15) is 0 Å². The van der Waals surface area contributed by atoms with Crippen LogP contribution in [0, 0.1) is 0 Å². The molecule has 0 saturated carbocycles. The molecular formula is C14H17ClN2O2S. The normalized spacial score (nSPS) is 13.8. The van der Waals surface area contributed by atoms with Crippen LogP contribution in [0.5, 0.6) is 0 Å². The molecule has 0 aliphatic rings. The third-order valence-corrected chi connectivity index (χ3v) is 5.30. The number of aromatic nitrogens is 1. The molecule has 4 nitrogen and oxygen atoms in total. The van der Waals surface area contributed by atoms with Gasteiger partial charge in [0, 0.05) is 42.1 Å². The van der Waals surface area contributed by atoms with Gasteiger partial charge in [0.15, 0.2) is 0 Å². The maximum atomic E-state index is 12.6. The standard InChI is InChI=1S/C14H17ClN2O2S/c1-11(15)7-9-17(2)20(18,19)14-5-3-4-12-10-16-8-6-13(12)14/h3-6,8,10-11H,7,9H2,1-2H3. The van der Waals surface area contributed by atoms with E-state index in [2.05, 4.69) is 4.98 Å². The number of fused-ring (bicyclic) bond motifs is 1. The number of alkyl halides is 1. The van der Waals surface area contributed by atoms with Gasteiger partial charge in [0.2, 0.25) is 10.0 Å². The van der Waals surface area contributed by atoms with Crippen molar-refractivity contribution >= 4 is 32.4 Å². The summed E-state index contributed by atoms with van der Waals surface area (Å²) in [6, 6.07) is 6.93. The lowest BCUT2D eigenvalue weighted by molar-refractivity contribution is 0.461. The first kappa shape index (κ1) is 15.2. The Morgan fingerprint density at radius 2 is 2.10 bits per heavy atom. The van der Waals surface area contributed by atoms with Gasteiger partial charge in [-0.05, 0) is 25.5 Å².